The second kappa shape index (κ2) is 13.6. The van der Waals surface area contributed by atoms with Crippen LogP contribution in [0.1, 0.15) is 61.7 Å². The van der Waals surface area contributed by atoms with E-state index < -0.39 is 0 Å². The van der Waals surface area contributed by atoms with Gasteiger partial charge >= 0.3 is 0 Å². The van der Waals surface area contributed by atoms with Gasteiger partial charge in [-0.1, -0.05) is 107 Å². The molecule has 0 atom stereocenters. The summed E-state index contributed by atoms with van der Waals surface area (Å²) in [6.07, 6.45) is 8.18. The molecule has 0 N–H and O–H groups in total. The largest absolute Gasteiger partial charge is 0.236 e. The summed E-state index contributed by atoms with van der Waals surface area (Å²) in [7, 11) is 0. The van der Waals surface area contributed by atoms with Crippen LogP contribution in [0.3, 0.4) is 0 Å². The molecule has 3 heterocycles. The van der Waals surface area contributed by atoms with Crippen molar-refractivity contribution in [2.45, 2.75) is 46.5 Å². The zero-order valence-electron chi connectivity index (χ0n) is 26.5. The normalized spacial score (nSPS) is 11.2. The molecule has 6 aromatic rings. The summed E-state index contributed by atoms with van der Waals surface area (Å²) >= 11 is 0. The summed E-state index contributed by atoms with van der Waals surface area (Å²) in [6.45, 7) is 8.64. The molecule has 226 valence electrons. The first-order valence-corrected chi connectivity index (χ1v) is 15.6. The summed E-state index contributed by atoms with van der Waals surface area (Å²) in [5, 5.41) is 9.17. The zero-order chi connectivity index (χ0) is 32.0. The van der Waals surface area contributed by atoms with E-state index in [-0.39, 0.29) is 5.92 Å². The topological polar surface area (TPSA) is 101 Å². The third-order valence-corrected chi connectivity index (χ3v) is 7.79. The lowest BCUT2D eigenvalue weighted by Crippen LogP contribution is -2.07. The maximum Gasteiger partial charge on any atom is 0.162 e. The quantitative estimate of drug-likeness (QED) is 0.164. The maximum atomic E-state index is 9.17. The van der Waals surface area contributed by atoms with E-state index in [1.165, 1.54) is 29.1 Å². The lowest BCUT2D eigenvalue weighted by Gasteiger charge is -2.16. The van der Waals surface area contributed by atoms with Crippen LogP contribution in [0, 0.1) is 17.2 Å². The third-order valence-electron chi connectivity index (χ3n) is 7.79. The fraction of sp³-hybridized carbons (Fsp3) is 0.205. The predicted molar refractivity (Wildman–Crippen MR) is 182 cm³/mol. The summed E-state index contributed by atoms with van der Waals surface area (Å²) in [4.78, 5) is 28.8. The number of nitrogens with zero attached hydrogens (tertiary/aromatic N) is 7. The molecular formula is C39H35N7. The van der Waals surface area contributed by atoms with Gasteiger partial charge in [-0.2, -0.15) is 5.26 Å². The first-order valence-electron chi connectivity index (χ1n) is 15.6. The van der Waals surface area contributed by atoms with E-state index in [9.17, 15) is 5.26 Å². The van der Waals surface area contributed by atoms with E-state index in [2.05, 4.69) is 98.3 Å². The van der Waals surface area contributed by atoms with Crippen LogP contribution in [-0.2, 0) is 12.8 Å². The molecule has 7 nitrogen and oxygen atoms in total. The van der Waals surface area contributed by atoms with Gasteiger partial charge in [0.05, 0.1) is 28.1 Å². The standard InChI is InChI=1S/C39H35N7/c1-25(2)17-31-19-30(29-13-9-6-10-14-29)15-16-32(31)38-43-23-33(35(45-38)18-27-11-7-5-8-12-27)39-44-24-34(36(46-39)26(3)4)37-41-21-28(20-40)22-42-37/h5-16,19,21-26H,17-18H2,1-4H3. The molecule has 0 saturated carbocycles. The van der Waals surface area contributed by atoms with E-state index in [0.29, 0.717) is 35.4 Å². The molecule has 0 amide bonds. The van der Waals surface area contributed by atoms with E-state index in [1.54, 1.807) is 6.20 Å². The van der Waals surface area contributed by atoms with E-state index in [0.717, 1.165) is 40.1 Å². The Morgan fingerprint density at radius 1 is 0.630 bits per heavy atom. The van der Waals surface area contributed by atoms with Crippen molar-refractivity contribution < 1.29 is 0 Å². The Hall–Kier alpha value is -5.61. The van der Waals surface area contributed by atoms with Crippen LogP contribution < -0.4 is 0 Å². The lowest BCUT2D eigenvalue weighted by atomic mass is 9.93. The van der Waals surface area contributed by atoms with Gasteiger partial charge in [0.2, 0.25) is 0 Å². The molecule has 7 heteroatoms. The first-order chi connectivity index (χ1) is 22.4. The van der Waals surface area contributed by atoms with Crippen molar-refractivity contribution >= 4 is 0 Å². The molecular weight excluding hydrogens is 566 g/mol. The number of hydrogen-bond donors (Lipinski definition) is 0. The smallest absolute Gasteiger partial charge is 0.162 e. The number of aromatic nitrogens is 6. The molecule has 0 fully saturated rings. The van der Waals surface area contributed by atoms with Crippen molar-refractivity contribution in [3.63, 3.8) is 0 Å². The third kappa shape index (κ3) is 6.72. The van der Waals surface area contributed by atoms with Gasteiger partial charge in [0.1, 0.15) is 6.07 Å². The minimum atomic E-state index is 0.0791. The van der Waals surface area contributed by atoms with Crippen molar-refractivity contribution in [3.8, 4) is 51.4 Å². The van der Waals surface area contributed by atoms with Crippen LogP contribution in [-0.4, -0.2) is 29.9 Å². The molecule has 0 aliphatic rings. The van der Waals surface area contributed by atoms with Gasteiger partial charge in [-0.25, -0.2) is 29.9 Å². The maximum absolute atomic E-state index is 9.17. The number of rotatable bonds is 9. The van der Waals surface area contributed by atoms with Crippen molar-refractivity contribution in [2.24, 2.45) is 5.92 Å². The molecule has 0 spiro atoms. The molecule has 0 radical (unpaired) electrons. The first kappa shape index (κ1) is 30.4. The van der Waals surface area contributed by atoms with E-state index in [4.69, 9.17) is 19.9 Å². The highest BCUT2D eigenvalue weighted by Gasteiger charge is 2.20. The molecule has 0 unspecified atom stereocenters. The van der Waals surface area contributed by atoms with Crippen molar-refractivity contribution in [3.05, 3.63) is 132 Å². The Morgan fingerprint density at radius 3 is 1.91 bits per heavy atom. The zero-order valence-corrected chi connectivity index (χ0v) is 26.5. The summed E-state index contributed by atoms with van der Waals surface area (Å²) in [5.41, 5.74) is 9.37. The van der Waals surface area contributed by atoms with Crippen molar-refractivity contribution in [1.82, 2.24) is 29.9 Å². The molecule has 0 saturated heterocycles. The summed E-state index contributed by atoms with van der Waals surface area (Å²) in [6, 6.07) is 29.4. The lowest BCUT2D eigenvalue weighted by molar-refractivity contribution is 0.648. The highest BCUT2D eigenvalue weighted by atomic mass is 14.9. The minimum Gasteiger partial charge on any atom is -0.236 e. The van der Waals surface area contributed by atoms with Gasteiger partial charge < -0.3 is 0 Å². The fourth-order valence-electron chi connectivity index (χ4n) is 5.55. The molecule has 3 aromatic carbocycles. The van der Waals surface area contributed by atoms with Gasteiger partial charge in [0.15, 0.2) is 17.5 Å². The SMILES string of the molecule is CC(C)Cc1cc(-c2ccccc2)ccc1-c1ncc(-c2ncc(-c3ncc(C#N)cn3)c(C(C)C)n2)c(Cc2ccccc2)n1. The Kier molecular flexibility index (Phi) is 8.98. The Morgan fingerprint density at radius 2 is 1.26 bits per heavy atom. The van der Waals surface area contributed by atoms with Gasteiger partial charge in [0, 0.05) is 36.8 Å². The van der Waals surface area contributed by atoms with Crippen molar-refractivity contribution in [1.29, 1.82) is 5.26 Å². The van der Waals surface area contributed by atoms with Crippen LogP contribution in [0.25, 0.3) is 45.3 Å². The fourth-order valence-corrected chi connectivity index (χ4v) is 5.55. The second-order valence-corrected chi connectivity index (χ2v) is 12.1. The Bertz CT molecular complexity index is 2000. The van der Waals surface area contributed by atoms with Gasteiger partial charge in [0.25, 0.3) is 0 Å². The number of hydrogen-bond acceptors (Lipinski definition) is 7. The molecule has 6 rings (SSSR count). The second-order valence-electron chi connectivity index (χ2n) is 12.1. The highest BCUT2D eigenvalue weighted by Crippen LogP contribution is 2.32. The molecule has 46 heavy (non-hydrogen) atoms. The summed E-state index contributed by atoms with van der Waals surface area (Å²) < 4.78 is 0. The van der Waals surface area contributed by atoms with E-state index >= 15 is 0 Å². The van der Waals surface area contributed by atoms with Crippen LogP contribution in [0.2, 0.25) is 0 Å². The summed E-state index contributed by atoms with van der Waals surface area (Å²) in [5.74, 6) is 2.28. The molecule has 0 bridgehead atoms. The molecule has 0 aliphatic heterocycles. The van der Waals surface area contributed by atoms with Crippen LogP contribution in [0.15, 0.2) is 104 Å². The minimum absolute atomic E-state index is 0.0791. The monoisotopic (exact) mass is 601 g/mol. The van der Waals surface area contributed by atoms with E-state index in [1.807, 2.05) is 30.5 Å². The Balaban J connectivity index is 1.46. The van der Waals surface area contributed by atoms with Crippen LogP contribution in [0.5, 0.6) is 0 Å². The van der Waals surface area contributed by atoms with Crippen LogP contribution >= 0.6 is 0 Å². The molecule has 0 aliphatic carbocycles. The van der Waals surface area contributed by atoms with Crippen molar-refractivity contribution in [2.75, 3.05) is 0 Å². The number of nitriles is 1. The predicted octanol–water partition coefficient (Wildman–Crippen LogP) is 8.51. The highest BCUT2D eigenvalue weighted by molar-refractivity contribution is 5.72. The molecule has 3 aromatic heterocycles. The van der Waals surface area contributed by atoms with Crippen LogP contribution in [0.4, 0.5) is 0 Å². The average Bonchev–Trinajstić information content (AvgIpc) is 3.08. The van der Waals surface area contributed by atoms with Gasteiger partial charge in [-0.05, 0) is 40.5 Å². The Labute approximate surface area is 270 Å². The van der Waals surface area contributed by atoms with Gasteiger partial charge in [-0.15, -0.1) is 0 Å². The average molecular weight is 602 g/mol. The number of benzene rings is 3. The van der Waals surface area contributed by atoms with Gasteiger partial charge in [-0.3, -0.25) is 0 Å².